The molecule has 0 heterocycles. The molecule has 0 spiro atoms. The number of hydrogen-bond donors (Lipinski definition) is 0. The second-order valence-electron chi connectivity index (χ2n) is 3.80. The highest BCUT2D eigenvalue weighted by Crippen LogP contribution is 2.13. The van der Waals surface area contributed by atoms with Gasteiger partial charge in [-0.15, -0.1) is 0 Å². The molecule has 6 nitrogen and oxygen atoms in total. The molecule has 0 aliphatic carbocycles. The number of methoxy groups -OCH3 is 2. The fourth-order valence-electron chi connectivity index (χ4n) is 1.29. The molecule has 0 aliphatic heterocycles. The molecule has 0 radical (unpaired) electrons. The summed E-state index contributed by atoms with van der Waals surface area (Å²) in [4.78, 5) is 11.2. The van der Waals surface area contributed by atoms with E-state index >= 15 is 0 Å². The van der Waals surface area contributed by atoms with Crippen LogP contribution in [0.5, 0.6) is 0 Å². The van der Waals surface area contributed by atoms with Crippen LogP contribution in [-0.2, 0) is 28.6 Å². The Morgan fingerprint density at radius 3 is 2.26 bits per heavy atom. The number of aryl methyl sites for hydroxylation is 1. The van der Waals surface area contributed by atoms with E-state index in [1.54, 1.807) is 12.1 Å². The maximum Gasteiger partial charge on any atom is 0.337 e. The normalized spacial score (nSPS) is 13.0. The predicted molar refractivity (Wildman–Crippen MR) is 67.1 cm³/mol. The van der Waals surface area contributed by atoms with E-state index in [-0.39, 0.29) is 4.90 Å². The molecule has 7 heteroatoms. The van der Waals surface area contributed by atoms with E-state index in [1.807, 2.05) is 6.92 Å². The average molecular weight is 288 g/mol. The Morgan fingerprint density at radius 2 is 1.79 bits per heavy atom. The van der Waals surface area contributed by atoms with Crippen LogP contribution in [0.4, 0.5) is 0 Å². The molecule has 0 bridgehead atoms. The van der Waals surface area contributed by atoms with E-state index in [1.165, 1.54) is 26.4 Å². The fourth-order valence-corrected chi connectivity index (χ4v) is 2.20. The smallest absolute Gasteiger partial charge is 0.337 e. The van der Waals surface area contributed by atoms with Gasteiger partial charge in [0.15, 0.2) is 6.10 Å². The summed E-state index contributed by atoms with van der Waals surface area (Å²) >= 11 is 0. The van der Waals surface area contributed by atoms with Crippen LogP contribution in [0.25, 0.3) is 0 Å². The van der Waals surface area contributed by atoms with Gasteiger partial charge in [-0.2, -0.15) is 8.42 Å². The number of ether oxygens (including phenoxy) is 2. The molecule has 0 saturated heterocycles. The molecule has 1 unspecified atom stereocenters. The van der Waals surface area contributed by atoms with Gasteiger partial charge in [0.2, 0.25) is 0 Å². The first-order valence-corrected chi connectivity index (χ1v) is 6.88. The van der Waals surface area contributed by atoms with Crippen molar-refractivity contribution >= 4 is 16.1 Å². The lowest BCUT2D eigenvalue weighted by molar-refractivity contribution is -0.153. The maximum absolute atomic E-state index is 11.8. The summed E-state index contributed by atoms with van der Waals surface area (Å²) < 4.78 is 37.7. The van der Waals surface area contributed by atoms with E-state index in [0.717, 1.165) is 5.56 Å². The Kier molecular flexibility index (Phi) is 5.46. The zero-order valence-corrected chi connectivity index (χ0v) is 11.8. The van der Waals surface area contributed by atoms with Gasteiger partial charge in [0.25, 0.3) is 10.1 Å². The van der Waals surface area contributed by atoms with Crippen molar-refractivity contribution in [1.29, 1.82) is 0 Å². The Labute approximate surface area is 112 Å². The first-order valence-electron chi connectivity index (χ1n) is 5.47. The van der Waals surface area contributed by atoms with Gasteiger partial charge in [-0.3, -0.25) is 4.18 Å². The van der Waals surface area contributed by atoms with Crippen LogP contribution in [0.3, 0.4) is 0 Å². The van der Waals surface area contributed by atoms with Crippen LogP contribution in [0.1, 0.15) is 5.56 Å². The quantitative estimate of drug-likeness (QED) is 0.571. The Morgan fingerprint density at radius 1 is 1.21 bits per heavy atom. The maximum atomic E-state index is 11.8. The third kappa shape index (κ3) is 4.30. The van der Waals surface area contributed by atoms with E-state index < -0.39 is 28.8 Å². The van der Waals surface area contributed by atoms with E-state index in [9.17, 15) is 13.2 Å². The highest BCUT2D eigenvalue weighted by Gasteiger charge is 2.23. The highest BCUT2D eigenvalue weighted by molar-refractivity contribution is 7.86. The standard InChI is InChI=1S/C12H16O6S/c1-9-4-6-10(7-5-9)19(14,15)18-8-11(16-2)12(13)17-3/h4-7,11H,8H2,1-3H3. The van der Waals surface area contributed by atoms with Crippen LogP contribution in [-0.4, -0.2) is 41.3 Å². The number of carbonyl (C=O) groups excluding carboxylic acids is 1. The van der Waals surface area contributed by atoms with Crippen LogP contribution in [0.2, 0.25) is 0 Å². The molecule has 0 fully saturated rings. The van der Waals surface area contributed by atoms with Crippen molar-refractivity contribution < 1.29 is 26.9 Å². The first kappa shape index (κ1) is 15.6. The summed E-state index contributed by atoms with van der Waals surface area (Å²) in [5.41, 5.74) is 0.934. The predicted octanol–water partition coefficient (Wildman–Crippen LogP) is 0.888. The fraction of sp³-hybridized carbons (Fsp3) is 0.417. The minimum absolute atomic E-state index is 0.0258. The molecule has 19 heavy (non-hydrogen) atoms. The Balaban J connectivity index is 2.75. The van der Waals surface area contributed by atoms with Gasteiger partial charge in [0.05, 0.1) is 12.0 Å². The van der Waals surface area contributed by atoms with Crippen LogP contribution >= 0.6 is 0 Å². The molecular weight excluding hydrogens is 272 g/mol. The second kappa shape index (κ2) is 6.65. The second-order valence-corrected chi connectivity index (χ2v) is 5.41. The SMILES string of the molecule is COC(=O)C(COS(=O)(=O)c1ccc(C)cc1)OC. The van der Waals surface area contributed by atoms with Crippen molar-refractivity contribution in [2.24, 2.45) is 0 Å². The van der Waals surface area contributed by atoms with Gasteiger partial charge in [-0.25, -0.2) is 4.79 Å². The molecule has 1 atom stereocenters. The summed E-state index contributed by atoms with van der Waals surface area (Å²) in [5, 5.41) is 0. The number of esters is 1. The molecule has 106 valence electrons. The molecule has 1 rings (SSSR count). The summed E-state index contributed by atoms with van der Waals surface area (Å²) in [6, 6.07) is 6.18. The summed E-state index contributed by atoms with van der Waals surface area (Å²) in [6.07, 6.45) is -1.08. The van der Waals surface area contributed by atoms with Crippen molar-refractivity contribution in [2.75, 3.05) is 20.8 Å². The van der Waals surface area contributed by atoms with Crippen molar-refractivity contribution in [3.05, 3.63) is 29.8 Å². The van der Waals surface area contributed by atoms with Gasteiger partial charge in [-0.05, 0) is 19.1 Å². The van der Waals surface area contributed by atoms with Crippen molar-refractivity contribution in [3.63, 3.8) is 0 Å². The summed E-state index contributed by atoms with van der Waals surface area (Å²) in [6.45, 7) is 1.41. The van der Waals surface area contributed by atoms with Crippen LogP contribution in [0, 0.1) is 6.92 Å². The molecule has 0 saturated carbocycles. The zero-order chi connectivity index (χ0) is 14.5. The Bertz CT molecular complexity index is 520. The molecule has 0 aromatic heterocycles. The topological polar surface area (TPSA) is 78.9 Å². The third-order valence-electron chi connectivity index (χ3n) is 2.43. The van der Waals surface area contributed by atoms with E-state index in [0.29, 0.717) is 0 Å². The molecule has 0 N–H and O–H groups in total. The Hall–Kier alpha value is -1.44. The average Bonchev–Trinajstić information content (AvgIpc) is 2.39. The largest absolute Gasteiger partial charge is 0.467 e. The summed E-state index contributed by atoms with van der Waals surface area (Å²) in [7, 11) is -1.46. The van der Waals surface area contributed by atoms with Gasteiger partial charge in [-0.1, -0.05) is 17.7 Å². The minimum atomic E-state index is -3.91. The monoisotopic (exact) mass is 288 g/mol. The van der Waals surface area contributed by atoms with Gasteiger partial charge in [0.1, 0.15) is 6.61 Å². The minimum Gasteiger partial charge on any atom is -0.467 e. The van der Waals surface area contributed by atoms with Crippen LogP contribution in [0.15, 0.2) is 29.2 Å². The zero-order valence-electron chi connectivity index (χ0n) is 11.0. The van der Waals surface area contributed by atoms with E-state index in [2.05, 4.69) is 4.74 Å². The first-order chi connectivity index (χ1) is 8.90. The van der Waals surface area contributed by atoms with Gasteiger partial charge in [0, 0.05) is 7.11 Å². The third-order valence-corrected chi connectivity index (χ3v) is 3.73. The number of hydrogen-bond acceptors (Lipinski definition) is 6. The lowest BCUT2D eigenvalue weighted by atomic mass is 10.2. The summed E-state index contributed by atoms with van der Waals surface area (Å²) in [5.74, 6) is -0.693. The van der Waals surface area contributed by atoms with Gasteiger partial charge < -0.3 is 9.47 Å². The number of benzene rings is 1. The number of carbonyl (C=O) groups is 1. The van der Waals surface area contributed by atoms with E-state index in [4.69, 9.17) is 8.92 Å². The van der Waals surface area contributed by atoms with Crippen molar-refractivity contribution in [1.82, 2.24) is 0 Å². The highest BCUT2D eigenvalue weighted by atomic mass is 32.2. The molecule has 1 aromatic rings. The molecule has 0 aliphatic rings. The molecule has 0 amide bonds. The van der Waals surface area contributed by atoms with Crippen molar-refractivity contribution in [2.45, 2.75) is 17.9 Å². The lowest BCUT2D eigenvalue weighted by Crippen LogP contribution is -2.30. The molecular formula is C12H16O6S. The lowest BCUT2D eigenvalue weighted by Gasteiger charge is -2.13. The van der Waals surface area contributed by atoms with Crippen molar-refractivity contribution in [3.8, 4) is 0 Å². The molecule has 1 aromatic carbocycles. The van der Waals surface area contributed by atoms with Gasteiger partial charge >= 0.3 is 5.97 Å². The van der Waals surface area contributed by atoms with Crippen LogP contribution < -0.4 is 0 Å². The number of rotatable bonds is 6.